The number of rotatable bonds is 3. The predicted octanol–water partition coefficient (Wildman–Crippen LogP) is 1.66. The summed E-state index contributed by atoms with van der Waals surface area (Å²) in [5.74, 6) is -2.07. The van der Waals surface area contributed by atoms with Crippen LogP contribution in [0.25, 0.3) is 0 Å². The zero-order chi connectivity index (χ0) is 10.7. The van der Waals surface area contributed by atoms with Gasteiger partial charge in [-0.2, -0.15) is 0 Å². The Morgan fingerprint density at radius 1 is 1.43 bits per heavy atom. The molecule has 3 nitrogen and oxygen atoms in total. The van der Waals surface area contributed by atoms with Crippen molar-refractivity contribution in [2.45, 2.75) is 13.3 Å². The molecule has 0 saturated carbocycles. The molecule has 1 N–H and O–H groups in total. The quantitative estimate of drug-likeness (QED) is 0.748. The van der Waals surface area contributed by atoms with E-state index in [4.69, 9.17) is 5.11 Å². The number of Topliss-reactive ketones (excluding diaryl/α,β-unsaturated/α-hetero) is 1. The van der Waals surface area contributed by atoms with E-state index in [-0.39, 0.29) is 17.8 Å². The van der Waals surface area contributed by atoms with E-state index in [2.05, 4.69) is 0 Å². The summed E-state index contributed by atoms with van der Waals surface area (Å²) in [5, 5.41) is 8.45. The summed E-state index contributed by atoms with van der Waals surface area (Å²) < 4.78 is 13.1. The summed E-state index contributed by atoms with van der Waals surface area (Å²) in [6.07, 6.45) is -0.241. The van der Waals surface area contributed by atoms with Crippen LogP contribution in [0.2, 0.25) is 0 Å². The maximum atomic E-state index is 13.1. The van der Waals surface area contributed by atoms with Crippen molar-refractivity contribution in [3.63, 3.8) is 0 Å². The van der Waals surface area contributed by atoms with Gasteiger partial charge in [0.25, 0.3) is 0 Å². The van der Waals surface area contributed by atoms with E-state index in [1.165, 1.54) is 19.1 Å². The number of hydrogen-bond donors (Lipinski definition) is 1. The van der Waals surface area contributed by atoms with Gasteiger partial charge in [-0.1, -0.05) is 6.07 Å². The molecule has 0 aliphatic carbocycles. The molecule has 0 spiro atoms. The van der Waals surface area contributed by atoms with Crippen LogP contribution in [0.1, 0.15) is 22.8 Å². The Bertz CT molecular complexity index is 385. The third-order valence-electron chi connectivity index (χ3n) is 1.77. The van der Waals surface area contributed by atoms with Gasteiger partial charge in [0, 0.05) is 0 Å². The number of aliphatic carboxylic acids is 1. The van der Waals surface area contributed by atoms with Crippen LogP contribution < -0.4 is 0 Å². The smallest absolute Gasteiger partial charge is 0.307 e. The van der Waals surface area contributed by atoms with E-state index in [0.29, 0.717) is 5.56 Å². The number of benzene rings is 1. The summed E-state index contributed by atoms with van der Waals surface area (Å²) in [7, 11) is 0. The van der Waals surface area contributed by atoms with Crippen LogP contribution in [0, 0.1) is 5.82 Å². The first-order chi connectivity index (χ1) is 6.50. The molecule has 1 aromatic rings. The Morgan fingerprint density at radius 2 is 2.07 bits per heavy atom. The highest BCUT2D eigenvalue weighted by Crippen LogP contribution is 2.11. The Balaban J connectivity index is 3.00. The third kappa shape index (κ3) is 2.39. The second-order valence-corrected chi connectivity index (χ2v) is 2.94. The van der Waals surface area contributed by atoms with E-state index in [1.54, 1.807) is 0 Å². The van der Waals surface area contributed by atoms with E-state index >= 15 is 0 Å². The lowest BCUT2D eigenvalue weighted by Crippen LogP contribution is -2.03. The molecule has 0 fully saturated rings. The minimum absolute atomic E-state index is 0.0147. The van der Waals surface area contributed by atoms with Gasteiger partial charge in [-0.25, -0.2) is 4.39 Å². The van der Waals surface area contributed by atoms with Gasteiger partial charge < -0.3 is 5.11 Å². The average molecular weight is 196 g/mol. The highest BCUT2D eigenvalue weighted by atomic mass is 19.1. The average Bonchev–Trinajstić information content (AvgIpc) is 2.01. The first kappa shape index (κ1) is 10.4. The SMILES string of the molecule is CC(=O)c1ccc(CC(=O)O)cc1F. The number of carboxylic acid groups (broad SMARTS) is 1. The topological polar surface area (TPSA) is 54.4 Å². The maximum Gasteiger partial charge on any atom is 0.307 e. The lowest BCUT2D eigenvalue weighted by molar-refractivity contribution is -0.136. The Kier molecular flexibility index (Phi) is 2.96. The van der Waals surface area contributed by atoms with Crippen molar-refractivity contribution < 1.29 is 19.1 Å². The fraction of sp³-hybridized carbons (Fsp3) is 0.200. The first-order valence-corrected chi connectivity index (χ1v) is 4.02. The number of ketones is 1. The fourth-order valence-corrected chi connectivity index (χ4v) is 1.13. The van der Waals surface area contributed by atoms with Gasteiger partial charge in [0.05, 0.1) is 12.0 Å². The lowest BCUT2D eigenvalue weighted by atomic mass is 10.1. The molecule has 74 valence electrons. The molecule has 1 rings (SSSR count). The van der Waals surface area contributed by atoms with Gasteiger partial charge in [0.2, 0.25) is 0 Å². The molecule has 0 bridgehead atoms. The van der Waals surface area contributed by atoms with E-state index < -0.39 is 11.8 Å². The van der Waals surface area contributed by atoms with E-state index in [9.17, 15) is 14.0 Å². The highest BCUT2D eigenvalue weighted by Gasteiger charge is 2.08. The Labute approximate surface area is 80.2 Å². The normalized spacial score (nSPS) is 9.86. The molecular formula is C10H9FO3. The molecule has 0 radical (unpaired) electrons. The minimum atomic E-state index is -1.03. The molecule has 0 aliphatic heterocycles. The highest BCUT2D eigenvalue weighted by molar-refractivity contribution is 5.94. The molecule has 4 heteroatoms. The summed E-state index contributed by atoms with van der Waals surface area (Å²) >= 11 is 0. The van der Waals surface area contributed by atoms with Crippen molar-refractivity contribution >= 4 is 11.8 Å². The van der Waals surface area contributed by atoms with Crippen LogP contribution in [-0.2, 0) is 11.2 Å². The zero-order valence-corrected chi connectivity index (χ0v) is 7.58. The predicted molar refractivity (Wildman–Crippen MR) is 47.7 cm³/mol. The molecule has 0 heterocycles. The summed E-state index contributed by atoms with van der Waals surface area (Å²) in [5.41, 5.74) is 0.333. The Morgan fingerprint density at radius 3 is 2.50 bits per heavy atom. The van der Waals surface area contributed by atoms with Crippen molar-refractivity contribution in [1.82, 2.24) is 0 Å². The van der Waals surface area contributed by atoms with E-state index in [0.717, 1.165) is 6.07 Å². The van der Waals surface area contributed by atoms with Crippen LogP contribution in [-0.4, -0.2) is 16.9 Å². The first-order valence-electron chi connectivity index (χ1n) is 4.02. The van der Waals surface area contributed by atoms with Gasteiger partial charge in [0.1, 0.15) is 5.82 Å². The van der Waals surface area contributed by atoms with Crippen LogP contribution in [0.3, 0.4) is 0 Å². The third-order valence-corrected chi connectivity index (χ3v) is 1.77. The zero-order valence-electron chi connectivity index (χ0n) is 7.58. The van der Waals surface area contributed by atoms with E-state index in [1.807, 2.05) is 0 Å². The number of halogens is 1. The molecule has 0 atom stereocenters. The van der Waals surface area contributed by atoms with Crippen LogP contribution >= 0.6 is 0 Å². The van der Waals surface area contributed by atoms with Crippen LogP contribution in [0.4, 0.5) is 4.39 Å². The van der Waals surface area contributed by atoms with Gasteiger partial charge in [-0.3, -0.25) is 9.59 Å². The van der Waals surface area contributed by atoms with Crippen LogP contribution in [0.15, 0.2) is 18.2 Å². The van der Waals surface area contributed by atoms with Crippen molar-refractivity contribution in [1.29, 1.82) is 0 Å². The van der Waals surface area contributed by atoms with Crippen molar-refractivity contribution in [3.8, 4) is 0 Å². The van der Waals surface area contributed by atoms with Crippen molar-refractivity contribution in [2.24, 2.45) is 0 Å². The maximum absolute atomic E-state index is 13.1. The molecule has 0 saturated heterocycles. The minimum Gasteiger partial charge on any atom is -0.481 e. The van der Waals surface area contributed by atoms with Crippen molar-refractivity contribution in [3.05, 3.63) is 35.1 Å². The number of carbonyl (C=O) groups is 2. The van der Waals surface area contributed by atoms with Gasteiger partial charge in [0.15, 0.2) is 5.78 Å². The lowest BCUT2D eigenvalue weighted by Gasteiger charge is -2.01. The second kappa shape index (κ2) is 4.00. The molecule has 0 aliphatic rings. The summed E-state index contributed by atoms with van der Waals surface area (Å²) in [4.78, 5) is 21.2. The van der Waals surface area contributed by atoms with Crippen LogP contribution in [0.5, 0.6) is 0 Å². The molecule has 0 amide bonds. The monoisotopic (exact) mass is 196 g/mol. The molecule has 0 aromatic heterocycles. The number of carbonyl (C=O) groups excluding carboxylic acids is 1. The van der Waals surface area contributed by atoms with Crippen molar-refractivity contribution in [2.75, 3.05) is 0 Å². The molecule has 1 aromatic carbocycles. The molecule has 0 unspecified atom stereocenters. The fourth-order valence-electron chi connectivity index (χ4n) is 1.13. The van der Waals surface area contributed by atoms with Gasteiger partial charge in [-0.15, -0.1) is 0 Å². The van der Waals surface area contributed by atoms with Gasteiger partial charge >= 0.3 is 5.97 Å². The standard InChI is InChI=1S/C10H9FO3/c1-6(12)8-3-2-7(4-9(8)11)5-10(13)14/h2-4H,5H2,1H3,(H,13,14). The summed E-state index contributed by atoms with van der Waals surface area (Å²) in [6.45, 7) is 1.26. The van der Waals surface area contributed by atoms with Gasteiger partial charge in [-0.05, 0) is 24.6 Å². The second-order valence-electron chi connectivity index (χ2n) is 2.94. The molecule has 14 heavy (non-hydrogen) atoms. The number of hydrogen-bond acceptors (Lipinski definition) is 2. The molecular weight excluding hydrogens is 187 g/mol. The summed E-state index contributed by atoms with van der Waals surface area (Å²) in [6, 6.07) is 3.81. The largest absolute Gasteiger partial charge is 0.481 e. The Hall–Kier alpha value is -1.71. The number of carboxylic acids is 1.